The number of ether oxygens (including phenoxy) is 2. The summed E-state index contributed by atoms with van der Waals surface area (Å²) < 4.78 is 73.4. The third-order valence-electron chi connectivity index (χ3n) is 5.25. The number of rotatable bonds is 6. The fraction of sp³-hybridized carbons (Fsp3) is 0.381. The van der Waals surface area contributed by atoms with Crippen LogP contribution in [0.3, 0.4) is 0 Å². The average molecular weight is 523 g/mol. The molecule has 1 heterocycles. The number of aliphatic hydroxyl groups is 1. The summed E-state index contributed by atoms with van der Waals surface area (Å²) in [6.45, 7) is -0.502. The first kappa shape index (κ1) is 26.1. The van der Waals surface area contributed by atoms with E-state index >= 15 is 0 Å². The van der Waals surface area contributed by atoms with E-state index in [2.05, 4.69) is 4.74 Å². The number of piperidine rings is 1. The zero-order valence-corrected chi connectivity index (χ0v) is 19.5. The van der Waals surface area contributed by atoms with Crippen LogP contribution in [0.4, 0.5) is 23.7 Å². The predicted octanol–water partition coefficient (Wildman–Crippen LogP) is 4.03. The smallest absolute Gasteiger partial charge is 0.446 e. The second kappa shape index (κ2) is 10.4. The van der Waals surface area contributed by atoms with Crippen LogP contribution in [0.2, 0.25) is 5.02 Å². The Labute approximate surface area is 199 Å². The van der Waals surface area contributed by atoms with E-state index in [1.165, 1.54) is 31.3 Å². The molecule has 0 aliphatic carbocycles. The summed E-state index contributed by atoms with van der Waals surface area (Å²) in [5, 5.41) is 9.86. The highest BCUT2D eigenvalue weighted by molar-refractivity contribution is 7.89. The van der Waals surface area contributed by atoms with Gasteiger partial charge < -0.3 is 14.6 Å². The number of nitrogens with zero attached hydrogens (tertiary/aromatic N) is 2. The largest absolute Gasteiger partial charge is 0.573 e. The van der Waals surface area contributed by atoms with Crippen LogP contribution in [0.1, 0.15) is 12.8 Å². The quantitative estimate of drug-likeness (QED) is 0.615. The van der Waals surface area contributed by atoms with Crippen LogP contribution in [0.15, 0.2) is 53.4 Å². The summed E-state index contributed by atoms with van der Waals surface area (Å²) in [6, 6.07) is 9.78. The number of anilines is 1. The van der Waals surface area contributed by atoms with Crippen LogP contribution >= 0.6 is 11.6 Å². The Morgan fingerprint density at radius 1 is 1.21 bits per heavy atom. The van der Waals surface area contributed by atoms with E-state index in [0.717, 1.165) is 21.3 Å². The minimum Gasteiger partial charge on any atom is -0.446 e. The van der Waals surface area contributed by atoms with Gasteiger partial charge in [0.1, 0.15) is 16.7 Å². The highest BCUT2D eigenvalue weighted by atomic mass is 35.5. The number of amides is 1. The van der Waals surface area contributed by atoms with Crippen molar-refractivity contribution >= 4 is 33.4 Å². The van der Waals surface area contributed by atoms with E-state index in [1.54, 1.807) is 12.1 Å². The maximum atomic E-state index is 13.0. The third-order valence-corrected chi connectivity index (χ3v) is 7.70. The molecule has 1 aliphatic rings. The maximum absolute atomic E-state index is 13.0. The molecule has 0 radical (unpaired) electrons. The maximum Gasteiger partial charge on any atom is 0.573 e. The SMILES string of the molecule is CN(C(=O)O[C@H]1CCN(S(=O)(=O)c2ccccc2Cl)[C@H](CO)C1)c1ccc(OC(F)(F)F)cc1. The molecule has 0 bridgehead atoms. The molecule has 186 valence electrons. The number of alkyl halides is 3. The second-order valence-electron chi connectivity index (χ2n) is 7.51. The Bertz CT molecular complexity index is 1110. The summed E-state index contributed by atoms with van der Waals surface area (Å²) >= 11 is 6.04. The monoisotopic (exact) mass is 522 g/mol. The van der Waals surface area contributed by atoms with Crippen LogP contribution in [0.25, 0.3) is 0 Å². The lowest BCUT2D eigenvalue weighted by atomic mass is 10.0. The van der Waals surface area contributed by atoms with Gasteiger partial charge >= 0.3 is 12.5 Å². The number of carbonyl (C=O) groups excluding carboxylic acids is 1. The van der Waals surface area contributed by atoms with Gasteiger partial charge in [-0.25, -0.2) is 13.2 Å². The van der Waals surface area contributed by atoms with Gasteiger partial charge in [0.2, 0.25) is 10.0 Å². The number of hydrogen-bond acceptors (Lipinski definition) is 6. The Morgan fingerprint density at radius 3 is 2.44 bits per heavy atom. The van der Waals surface area contributed by atoms with Crippen LogP contribution in [0.5, 0.6) is 5.75 Å². The van der Waals surface area contributed by atoms with E-state index in [9.17, 15) is 31.5 Å². The van der Waals surface area contributed by atoms with Gasteiger partial charge in [0.05, 0.1) is 17.7 Å². The average Bonchev–Trinajstić information content (AvgIpc) is 2.78. The van der Waals surface area contributed by atoms with Crippen molar-refractivity contribution < 1.29 is 41.0 Å². The summed E-state index contributed by atoms with van der Waals surface area (Å²) in [7, 11) is -2.61. The summed E-state index contributed by atoms with van der Waals surface area (Å²) in [4.78, 5) is 13.6. The van der Waals surface area contributed by atoms with Gasteiger partial charge in [-0.05, 0) is 42.8 Å². The number of sulfonamides is 1. The first-order chi connectivity index (χ1) is 15.9. The summed E-state index contributed by atoms with van der Waals surface area (Å²) in [6.07, 6.45) is -6.06. The highest BCUT2D eigenvalue weighted by Gasteiger charge is 2.39. The Morgan fingerprint density at radius 2 is 1.85 bits per heavy atom. The number of hydrogen-bond donors (Lipinski definition) is 1. The number of carbonyl (C=O) groups is 1. The zero-order valence-electron chi connectivity index (χ0n) is 17.9. The molecule has 1 aliphatic heterocycles. The molecule has 1 fully saturated rings. The van der Waals surface area contributed by atoms with Gasteiger partial charge in [-0.3, -0.25) is 4.90 Å². The Hall–Kier alpha value is -2.54. The second-order valence-corrected chi connectivity index (χ2v) is 9.78. The van der Waals surface area contributed by atoms with Gasteiger partial charge in [0.25, 0.3) is 0 Å². The van der Waals surface area contributed by atoms with E-state index in [0.29, 0.717) is 0 Å². The molecule has 1 N–H and O–H groups in total. The Kier molecular flexibility index (Phi) is 7.96. The van der Waals surface area contributed by atoms with Crippen LogP contribution in [-0.4, -0.2) is 62.6 Å². The molecule has 1 saturated heterocycles. The molecule has 8 nitrogen and oxygen atoms in total. The molecule has 13 heteroatoms. The number of halogens is 4. The molecular formula is C21H22ClF3N2O6S. The first-order valence-electron chi connectivity index (χ1n) is 10.1. The number of benzene rings is 2. The predicted molar refractivity (Wildman–Crippen MR) is 117 cm³/mol. The van der Waals surface area contributed by atoms with Crippen molar-refractivity contribution in [3.8, 4) is 5.75 Å². The van der Waals surface area contributed by atoms with E-state index in [-0.39, 0.29) is 35.0 Å². The van der Waals surface area contributed by atoms with Crippen molar-refractivity contribution in [3.05, 3.63) is 53.6 Å². The standard InChI is InChI=1S/C21H22ClF3N2O6S/c1-26(14-6-8-16(9-7-14)33-21(23,24)25)20(29)32-17-10-11-27(15(12-17)13-28)34(30,31)19-5-3-2-4-18(19)22/h2-9,15,17,28H,10-13H2,1H3/t15-,17-/m0/s1. The third kappa shape index (κ3) is 6.12. The molecular weight excluding hydrogens is 501 g/mol. The van der Waals surface area contributed by atoms with E-state index in [4.69, 9.17) is 16.3 Å². The molecule has 2 aromatic carbocycles. The summed E-state index contributed by atoms with van der Waals surface area (Å²) in [5.41, 5.74) is 0.261. The topological polar surface area (TPSA) is 96.4 Å². The highest BCUT2D eigenvalue weighted by Crippen LogP contribution is 2.31. The van der Waals surface area contributed by atoms with Crippen molar-refractivity contribution in [3.63, 3.8) is 0 Å². The van der Waals surface area contributed by atoms with Crippen molar-refractivity contribution in [2.24, 2.45) is 0 Å². The van der Waals surface area contributed by atoms with E-state index in [1.807, 2.05) is 0 Å². The lowest BCUT2D eigenvalue weighted by Gasteiger charge is -2.37. The van der Waals surface area contributed by atoms with Crippen molar-refractivity contribution in [1.29, 1.82) is 0 Å². The minimum absolute atomic E-state index is 0.01000. The van der Waals surface area contributed by atoms with E-state index < -0.39 is 47.0 Å². The molecule has 2 atom stereocenters. The van der Waals surface area contributed by atoms with Gasteiger partial charge in [0, 0.05) is 25.7 Å². The lowest BCUT2D eigenvalue weighted by molar-refractivity contribution is -0.274. The number of aliphatic hydroxyl groups excluding tert-OH is 1. The van der Waals surface area contributed by atoms with Crippen molar-refractivity contribution in [1.82, 2.24) is 4.31 Å². The van der Waals surface area contributed by atoms with Crippen molar-refractivity contribution in [2.75, 3.05) is 25.1 Å². The normalized spacial score (nSPS) is 19.5. The molecule has 0 unspecified atom stereocenters. The minimum atomic E-state index is -4.83. The molecule has 0 spiro atoms. The molecule has 34 heavy (non-hydrogen) atoms. The van der Waals surface area contributed by atoms with Gasteiger partial charge in [-0.1, -0.05) is 23.7 Å². The molecule has 2 aromatic rings. The fourth-order valence-corrected chi connectivity index (χ4v) is 5.70. The van der Waals surface area contributed by atoms with Crippen LogP contribution in [-0.2, 0) is 14.8 Å². The van der Waals surface area contributed by atoms with Crippen molar-refractivity contribution in [2.45, 2.75) is 36.2 Å². The van der Waals surface area contributed by atoms with Gasteiger partial charge in [-0.15, -0.1) is 13.2 Å². The van der Waals surface area contributed by atoms with Crippen LogP contribution < -0.4 is 9.64 Å². The van der Waals surface area contributed by atoms with Gasteiger partial charge in [-0.2, -0.15) is 4.31 Å². The van der Waals surface area contributed by atoms with Crippen LogP contribution in [0, 0.1) is 0 Å². The Balaban J connectivity index is 1.64. The molecule has 3 rings (SSSR count). The molecule has 0 aromatic heterocycles. The molecule has 1 amide bonds. The zero-order chi connectivity index (χ0) is 25.1. The first-order valence-corrected chi connectivity index (χ1v) is 11.9. The fourth-order valence-electron chi connectivity index (χ4n) is 3.56. The summed E-state index contributed by atoms with van der Waals surface area (Å²) in [5.74, 6) is -0.434. The molecule has 0 saturated carbocycles. The van der Waals surface area contributed by atoms with Gasteiger partial charge in [0.15, 0.2) is 0 Å². The lowest BCUT2D eigenvalue weighted by Crippen LogP contribution is -2.50.